The zero-order chi connectivity index (χ0) is 24.2. The van der Waals surface area contributed by atoms with Crippen LogP contribution in [0.3, 0.4) is 0 Å². The molecule has 4 nitrogen and oxygen atoms in total. The monoisotopic (exact) mass is 467 g/mol. The Balaban J connectivity index is 1.33. The van der Waals surface area contributed by atoms with Gasteiger partial charge < -0.3 is 4.74 Å². The van der Waals surface area contributed by atoms with Crippen LogP contribution in [0.1, 0.15) is 64.3 Å². The summed E-state index contributed by atoms with van der Waals surface area (Å²) >= 11 is 0. The number of rotatable bonds is 6. The first kappa shape index (κ1) is 22.9. The van der Waals surface area contributed by atoms with E-state index >= 15 is 0 Å². The highest BCUT2D eigenvalue weighted by atomic mass is 19.1. The van der Waals surface area contributed by atoms with Crippen LogP contribution in [-0.2, 0) is 4.74 Å². The van der Waals surface area contributed by atoms with Crippen LogP contribution in [0.5, 0.6) is 0 Å². The van der Waals surface area contributed by atoms with Gasteiger partial charge >= 0.3 is 5.97 Å². The number of ketones is 1. The van der Waals surface area contributed by atoms with Gasteiger partial charge in [-0.2, -0.15) is 0 Å². The molecule has 0 N–H and O–H groups in total. The maximum atomic E-state index is 13.4. The molecule has 1 aromatic heterocycles. The first-order chi connectivity index (χ1) is 17.1. The second-order valence-corrected chi connectivity index (χ2v) is 9.04. The molecule has 5 rings (SSSR count). The number of halogens is 1. The number of esters is 1. The fourth-order valence-corrected chi connectivity index (χ4v) is 4.78. The van der Waals surface area contributed by atoms with Crippen molar-refractivity contribution in [2.24, 2.45) is 0 Å². The van der Waals surface area contributed by atoms with Crippen molar-refractivity contribution in [1.82, 2.24) is 4.98 Å². The third-order valence-corrected chi connectivity index (χ3v) is 6.72. The Morgan fingerprint density at radius 3 is 2.34 bits per heavy atom. The number of hydrogen-bond donors (Lipinski definition) is 0. The molecule has 0 unspecified atom stereocenters. The molecule has 4 aromatic rings. The van der Waals surface area contributed by atoms with Crippen LogP contribution < -0.4 is 0 Å². The molecule has 0 radical (unpaired) electrons. The van der Waals surface area contributed by atoms with Crippen LogP contribution in [0.4, 0.5) is 4.39 Å². The summed E-state index contributed by atoms with van der Waals surface area (Å²) in [5.41, 5.74) is 3.95. The van der Waals surface area contributed by atoms with Crippen LogP contribution in [0.25, 0.3) is 22.2 Å². The number of Topliss-reactive ketones (excluding diaryl/α,β-unsaturated/α-hetero) is 1. The molecule has 0 amide bonds. The minimum Gasteiger partial charge on any atom is -0.454 e. The van der Waals surface area contributed by atoms with Gasteiger partial charge in [-0.1, -0.05) is 61.7 Å². The first-order valence-corrected chi connectivity index (χ1v) is 12.0. The molecule has 1 heterocycles. The molecule has 0 atom stereocenters. The van der Waals surface area contributed by atoms with Gasteiger partial charge in [0.25, 0.3) is 0 Å². The van der Waals surface area contributed by atoms with E-state index in [4.69, 9.17) is 4.74 Å². The number of benzene rings is 3. The molecule has 35 heavy (non-hydrogen) atoms. The minimum absolute atomic E-state index is 0.245. The molecule has 1 saturated carbocycles. The lowest BCUT2D eigenvalue weighted by molar-refractivity contribution is 0.0476. The van der Waals surface area contributed by atoms with E-state index in [1.54, 1.807) is 30.3 Å². The van der Waals surface area contributed by atoms with Crippen molar-refractivity contribution in [2.45, 2.75) is 38.0 Å². The molecule has 0 spiro atoms. The van der Waals surface area contributed by atoms with Crippen molar-refractivity contribution < 1.29 is 18.7 Å². The van der Waals surface area contributed by atoms with Crippen molar-refractivity contribution in [3.8, 4) is 11.3 Å². The number of carbonyl (C=O) groups is 2. The molecule has 0 saturated heterocycles. The summed E-state index contributed by atoms with van der Waals surface area (Å²) in [6.07, 6.45) is 6.22. The number of para-hydroxylation sites is 1. The van der Waals surface area contributed by atoms with Crippen molar-refractivity contribution in [2.75, 3.05) is 6.61 Å². The van der Waals surface area contributed by atoms with Crippen LogP contribution in [-0.4, -0.2) is 23.3 Å². The zero-order valence-corrected chi connectivity index (χ0v) is 19.4. The molecule has 1 fully saturated rings. The number of carbonyl (C=O) groups excluding carboxylic acids is 2. The molecule has 3 aromatic carbocycles. The zero-order valence-electron chi connectivity index (χ0n) is 19.4. The Hall–Kier alpha value is -3.86. The van der Waals surface area contributed by atoms with Gasteiger partial charge in [-0.3, -0.25) is 4.79 Å². The number of hydrogen-bond acceptors (Lipinski definition) is 4. The number of aromatic nitrogens is 1. The van der Waals surface area contributed by atoms with Gasteiger partial charge in [0.2, 0.25) is 0 Å². The molecule has 1 aliphatic carbocycles. The molecular weight excluding hydrogens is 441 g/mol. The van der Waals surface area contributed by atoms with Gasteiger partial charge in [0.05, 0.1) is 16.8 Å². The molecule has 5 heteroatoms. The first-order valence-electron chi connectivity index (χ1n) is 12.0. The summed E-state index contributed by atoms with van der Waals surface area (Å²) in [4.78, 5) is 30.4. The molecular formula is C30H26FNO3. The normalized spacial score (nSPS) is 14.1. The topological polar surface area (TPSA) is 56.3 Å². The van der Waals surface area contributed by atoms with E-state index in [0.29, 0.717) is 39.2 Å². The highest BCUT2D eigenvalue weighted by Gasteiger charge is 2.19. The highest BCUT2D eigenvalue weighted by Crippen LogP contribution is 2.32. The molecule has 0 aliphatic heterocycles. The summed E-state index contributed by atoms with van der Waals surface area (Å²) < 4.78 is 18.8. The van der Waals surface area contributed by atoms with E-state index < -0.39 is 5.97 Å². The quantitative estimate of drug-likeness (QED) is 0.224. The lowest BCUT2D eigenvalue weighted by Crippen LogP contribution is -2.15. The third kappa shape index (κ3) is 5.14. The van der Waals surface area contributed by atoms with Gasteiger partial charge in [-0.15, -0.1) is 0 Å². The smallest absolute Gasteiger partial charge is 0.339 e. The van der Waals surface area contributed by atoms with Crippen molar-refractivity contribution in [1.29, 1.82) is 0 Å². The van der Waals surface area contributed by atoms with Gasteiger partial charge in [0, 0.05) is 16.5 Å². The SMILES string of the molecule is O=C(COC(=O)c1cc(-c2ccc(F)cc2)nc2ccccc12)c1ccc(C2CCCCC2)cc1. The van der Waals surface area contributed by atoms with Crippen LogP contribution in [0, 0.1) is 5.82 Å². The lowest BCUT2D eigenvalue weighted by Gasteiger charge is -2.22. The van der Waals surface area contributed by atoms with Gasteiger partial charge in [0.15, 0.2) is 12.4 Å². The number of nitrogens with zero attached hydrogens (tertiary/aromatic N) is 1. The van der Waals surface area contributed by atoms with Gasteiger partial charge in [-0.05, 0) is 60.7 Å². The lowest BCUT2D eigenvalue weighted by atomic mass is 9.84. The maximum Gasteiger partial charge on any atom is 0.339 e. The molecule has 0 bridgehead atoms. The van der Waals surface area contributed by atoms with E-state index in [1.165, 1.54) is 49.8 Å². The second kappa shape index (κ2) is 10.2. The Bertz CT molecular complexity index is 1360. The van der Waals surface area contributed by atoms with E-state index in [9.17, 15) is 14.0 Å². The maximum absolute atomic E-state index is 13.4. The second-order valence-electron chi connectivity index (χ2n) is 9.04. The average molecular weight is 468 g/mol. The summed E-state index contributed by atoms with van der Waals surface area (Å²) in [5, 5.41) is 0.632. The van der Waals surface area contributed by atoms with Crippen LogP contribution >= 0.6 is 0 Å². The largest absolute Gasteiger partial charge is 0.454 e. The van der Waals surface area contributed by atoms with E-state index in [-0.39, 0.29) is 18.2 Å². The predicted molar refractivity (Wildman–Crippen MR) is 134 cm³/mol. The fraction of sp³-hybridized carbons (Fsp3) is 0.233. The minimum atomic E-state index is -0.598. The van der Waals surface area contributed by atoms with Crippen LogP contribution in [0.15, 0.2) is 78.9 Å². The summed E-state index contributed by atoms with van der Waals surface area (Å²) in [6.45, 7) is -0.343. The number of pyridine rings is 1. The number of fused-ring (bicyclic) bond motifs is 1. The Labute approximate surface area is 203 Å². The van der Waals surface area contributed by atoms with Crippen molar-refractivity contribution >= 4 is 22.7 Å². The van der Waals surface area contributed by atoms with Crippen LogP contribution in [0.2, 0.25) is 0 Å². The van der Waals surface area contributed by atoms with Crippen molar-refractivity contribution in [3.05, 3.63) is 101 Å². The van der Waals surface area contributed by atoms with Gasteiger partial charge in [-0.25, -0.2) is 14.2 Å². The molecule has 1 aliphatic rings. The summed E-state index contributed by atoms with van der Waals surface area (Å²) in [6, 6.07) is 22.5. The average Bonchev–Trinajstić information content (AvgIpc) is 2.92. The summed E-state index contributed by atoms with van der Waals surface area (Å²) in [5.74, 6) is -0.620. The Morgan fingerprint density at radius 1 is 0.886 bits per heavy atom. The Morgan fingerprint density at radius 2 is 1.60 bits per heavy atom. The highest BCUT2D eigenvalue weighted by molar-refractivity contribution is 6.06. The standard InChI is InChI=1S/C30H26FNO3/c31-24-16-14-22(15-17-24)28-18-26(25-8-4-5-9-27(25)32-28)30(34)35-19-29(33)23-12-10-21(11-13-23)20-6-2-1-3-7-20/h4-5,8-18,20H,1-3,6-7,19H2. The van der Waals surface area contributed by atoms with E-state index in [0.717, 1.165) is 0 Å². The van der Waals surface area contributed by atoms with E-state index in [1.807, 2.05) is 36.4 Å². The van der Waals surface area contributed by atoms with Crippen molar-refractivity contribution in [3.63, 3.8) is 0 Å². The Kier molecular flexibility index (Phi) is 6.66. The van der Waals surface area contributed by atoms with E-state index in [2.05, 4.69) is 4.98 Å². The molecule has 176 valence electrons. The number of ether oxygens (including phenoxy) is 1. The summed E-state index contributed by atoms with van der Waals surface area (Å²) in [7, 11) is 0. The third-order valence-electron chi connectivity index (χ3n) is 6.72. The van der Waals surface area contributed by atoms with Gasteiger partial charge in [0.1, 0.15) is 5.82 Å². The fourth-order valence-electron chi connectivity index (χ4n) is 4.78. The predicted octanol–water partition coefficient (Wildman–Crippen LogP) is 7.13.